The summed E-state index contributed by atoms with van der Waals surface area (Å²) in [5.74, 6) is 0.670. The molecule has 3 rings (SSSR count). The third-order valence-corrected chi connectivity index (χ3v) is 4.59. The van der Waals surface area contributed by atoms with Crippen molar-refractivity contribution in [2.75, 3.05) is 0 Å². The van der Waals surface area contributed by atoms with Crippen molar-refractivity contribution in [2.45, 2.75) is 18.7 Å². The summed E-state index contributed by atoms with van der Waals surface area (Å²) >= 11 is 0. The van der Waals surface area contributed by atoms with Crippen molar-refractivity contribution in [1.82, 2.24) is 5.16 Å². The summed E-state index contributed by atoms with van der Waals surface area (Å²) < 4.78 is 28.1. The lowest BCUT2D eigenvalue weighted by Crippen LogP contribution is -2.11. The number of rotatable bonds is 3. The molecule has 0 spiro atoms. The molecular weight excluding hydrogens is 312 g/mol. The van der Waals surface area contributed by atoms with Gasteiger partial charge < -0.3 is 4.52 Å². The zero-order valence-electron chi connectivity index (χ0n) is 12.8. The van der Waals surface area contributed by atoms with Gasteiger partial charge in [0.25, 0.3) is 0 Å². The standard InChI is InChI=1S/C17H16N2O3S/c1-11-3-5-14(6-4-11)17-16(12(2)22-19-17)13-7-9-15(10-8-13)23(18,20)21/h3-10H,1-2H3,(H2,18,20,21). The average Bonchev–Trinajstić information content (AvgIpc) is 2.89. The number of nitrogens with two attached hydrogens (primary N) is 1. The molecular formula is C17H16N2O3S. The van der Waals surface area contributed by atoms with Crippen LogP contribution in [0.4, 0.5) is 0 Å². The molecule has 0 aliphatic carbocycles. The second-order valence-electron chi connectivity index (χ2n) is 5.40. The van der Waals surface area contributed by atoms with Gasteiger partial charge in [-0.05, 0) is 31.5 Å². The largest absolute Gasteiger partial charge is 0.360 e. The van der Waals surface area contributed by atoms with Gasteiger partial charge in [-0.2, -0.15) is 0 Å². The second-order valence-corrected chi connectivity index (χ2v) is 6.96. The predicted octanol–water partition coefficient (Wildman–Crippen LogP) is 3.27. The number of hydrogen-bond acceptors (Lipinski definition) is 4. The molecule has 0 saturated carbocycles. The first kappa shape index (κ1) is 15.5. The van der Waals surface area contributed by atoms with Gasteiger partial charge in [-0.1, -0.05) is 47.1 Å². The van der Waals surface area contributed by atoms with E-state index in [4.69, 9.17) is 9.66 Å². The van der Waals surface area contributed by atoms with Crippen LogP contribution in [-0.2, 0) is 10.0 Å². The van der Waals surface area contributed by atoms with Gasteiger partial charge in [-0.25, -0.2) is 13.6 Å². The fourth-order valence-electron chi connectivity index (χ4n) is 2.43. The summed E-state index contributed by atoms with van der Waals surface area (Å²) in [5.41, 5.74) is 4.50. The SMILES string of the molecule is Cc1ccc(-c2noc(C)c2-c2ccc(S(N)(=O)=O)cc2)cc1. The predicted molar refractivity (Wildman–Crippen MR) is 88.2 cm³/mol. The van der Waals surface area contributed by atoms with Crippen molar-refractivity contribution >= 4 is 10.0 Å². The van der Waals surface area contributed by atoms with Gasteiger partial charge in [0.2, 0.25) is 10.0 Å². The van der Waals surface area contributed by atoms with Crippen LogP contribution in [0.15, 0.2) is 57.9 Å². The first-order valence-electron chi connectivity index (χ1n) is 7.03. The third-order valence-electron chi connectivity index (χ3n) is 3.66. The Labute approximate surface area is 134 Å². The highest BCUT2D eigenvalue weighted by molar-refractivity contribution is 7.89. The van der Waals surface area contributed by atoms with Crippen LogP contribution in [0.25, 0.3) is 22.4 Å². The molecule has 0 bridgehead atoms. The van der Waals surface area contributed by atoms with Crippen LogP contribution in [0.1, 0.15) is 11.3 Å². The summed E-state index contributed by atoms with van der Waals surface area (Å²) in [6.45, 7) is 3.85. The van der Waals surface area contributed by atoms with E-state index in [1.165, 1.54) is 12.1 Å². The molecule has 2 aromatic carbocycles. The van der Waals surface area contributed by atoms with Crippen molar-refractivity contribution in [2.24, 2.45) is 5.14 Å². The minimum absolute atomic E-state index is 0.0762. The highest BCUT2D eigenvalue weighted by Gasteiger charge is 2.17. The summed E-state index contributed by atoms with van der Waals surface area (Å²) in [6, 6.07) is 14.4. The zero-order chi connectivity index (χ0) is 16.6. The van der Waals surface area contributed by atoms with Crippen molar-refractivity contribution in [3.05, 3.63) is 59.9 Å². The smallest absolute Gasteiger partial charge is 0.238 e. The summed E-state index contributed by atoms with van der Waals surface area (Å²) in [6.07, 6.45) is 0. The van der Waals surface area contributed by atoms with Crippen molar-refractivity contribution < 1.29 is 12.9 Å². The van der Waals surface area contributed by atoms with E-state index in [0.717, 1.165) is 27.9 Å². The van der Waals surface area contributed by atoms with Crippen LogP contribution in [0.5, 0.6) is 0 Å². The van der Waals surface area contributed by atoms with Crippen molar-refractivity contribution in [1.29, 1.82) is 0 Å². The molecule has 2 N–H and O–H groups in total. The molecule has 0 radical (unpaired) electrons. The third kappa shape index (κ3) is 3.04. The van der Waals surface area contributed by atoms with Crippen LogP contribution in [0.3, 0.4) is 0 Å². The van der Waals surface area contributed by atoms with Crippen LogP contribution in [0, 0.1) is 13.8 Å². The Balaban J connectivity index is 2.10. The Morgan fingerprint density at radius 3 is 2.04 bits per heavy atom. The van der Waals surface area contributed by atoms with E-state index in [2.05, 4.69) is 5.16 Å². The molecule has 3 aromatic rings. The molecule has 118 valence electrons. The van der Waals surface area contributed by atoms with Gasteiger partial charge >= 0.3 is 0 Å². The molecule has 6 heteroatoms. The maximum absolute atomic E-state index is 11.4. The van der Waals surface area contributed by atoms with Crippen LogP contribution < -0.4 is 5.14 Å². The number of primary sulfonamides is 1. The molecule has 0 unspecified atom stereocenters. The second kappa shape index (κ2) is 5.64. The minimum atomic E-state index is -3.70. The fraction of sp³-hybridized carbons (Fsp3) is 0.118. The number of aromatic nitrogens is 1. The molecule has 0 amide bonds. The van der Waals surface area contributed by atoms with E-state index in [-0.39, 0.29) is 4.90 Å². The van der Waals surface area contributed by atoms with Gasteiger partial charge in [-0.15, -0.1) is 0 Å². The van der Waals surface area contributed by atoms with Crippen molar-refractivity contribution in [3.8, 4) is 22.4 Å². The number of aryl methyl sites for hydroxylation is 2. The van der Waals surface area contributed by atoms with E-state index < -0.39 is 10.0 Å². The lowest BCUT2D eigenvalue weighted by Gasteiger charge is -2.05. The Morgan fingerprint density at radius 2 is 1.48 bits per heavy atom. The fourth-order valence-corrected chi connectivity index (χ4v) is 2.95. The molecule has 0 aliphatic rings. The lowest BCUT2D eigenvalue weighted by molar-refractivity contribution is 0.400. The molecule has 1 aromatic heterocycles. The summed E-state index contributed by atoms with van der Waals surface area (Å²) in [5, 5.41) is 9.28. The topological polar surface area (TPSA) is 86.2 Å². The van der Waals surface area contributed by atoms with Crippen LogP contribution >= 0.6 is 0 Å². The Morgan fingerprint density at radius 1 is 0.913 bits per heavy atom. The first-order chi connectivity index (χ1) is 10.9. The van der Waals surface area contributed by atoms with Gasteiger partial charge in [-0.3, -0.25) is 0 Å². The molecule has 1 heterocycles. The van der Waals surface area contributed by atoms with Gasteiger partial charge in [0.15, 0.2) is 0 Å². The van der Waals surface area contributed by atoms with Crippen LogP contribution in [-0.4, -0.2) is 13.6 Å². The Hall–Kier alpha value is -2.44. The van der Waals surface area contributed by atoms with E-state index in [1.54, 1.807) is 12.1 Å². The summed E-state index contributed by atoms with van der Waals surface area (Å²) in [7, 11) is -3.70. The van der Waals surface area contributed by atoms with E-state index >= 15 is 0 Å². The summed E-state index contributed by atoms with van der Waals surface area (Å²) in [4.78, 5) is 0.0762. The first-order valence-corrected chi connectivity index (χ1v) is 8.57. The highest BCUT2D eigenvalue weighted by Crippen LogP contribution is 2.34. The minimum Gasteiger partial charge on any atom is -0.360 e. The normalized spacial score (nSPS) is 11.6. The molecule has 5 nitrogen and oxygen atoms in total. The Kier molecular flexibility index (Phi) is 3.79. The number of benzene rings is 2. The molecule has 0 saturated heterocycles. The molecule has 0 aliphatic heterocycles. The maximum Gasteiger partial charge on any atom is 0.238 e. The maximum atomic E-state index is 11.4. The number of hydrogen-bond donors (Lipinski definition) is 1. The lowest BCUT2D eigenvalue weighted by atomic mass is 9.99. The van der Waals surface area contributed by atoms with Gasteiger partial charge in [0.05, 0.1) is 10.5 Å². The van der Waals surface area contributed by atoms with Crippen LogP contribution in [0.2, 0.25) is 0 Å². The average molecular weight is 328 g/mol. The van der Waals surface area contributed by atoms with Gasteiger partial charge in [0.1, 0.15) is 11.5 Å². The quantitative estimate of drug-likeness (QED) is 0.799. The zero-order valence-corrected chi connectivity index (χ0v) is 13.6. The van der Waals surface area contributed by atoms with Crippen molar-refractivity contribution in [3.63, 3.8) is 0 Å². The van der Waals surface area contributed by atoms with Gasteiger partial charge in [0, 0.05) is 5.56 Å². The highest BCUT2D eigenvalue weighted by atomic mass is 32.2. The number of sulfonamides is 1. The van der Waals surface area contributed by atoms with E-state index in [1.807, 2.05) is 38.1 Å². The molecule has 23 heavy (non-hydrogen) atoms. The van der Waals surface area contributed by atoms with E-state index in [0.29, 0.717) is 5.76 Å². The molecule has 0 fully saturated rings. The molecule has 0 atom stereocenters. The Bertz CT molecular complexity index is 941. The monoisotopic (exact) mass is 328 g/mol. The number of nitrogens with zero attached hydrogens (tertiary/aromatic N) is 1. The van der Waals surface area contributed by atoms with E-state index in [9.17, 15) is 8.42 Å².